The number of aryl methyl sites for hydroxylation is 1. The SMILES string of the molecule is COCCCCc1cc(C[C@H](C[C@@H]([C@@H]2C[C@@H](C(C)C)C(=O)O2)N(C(=O)O)C(C)(C)C)C(C)C)cnc1OC. The zero-order chi connectivity index (χ0) is 28.6. The molecule has 2 rings (SSSR count). The zero-order valence-electron chi connectivity index (χ0n) is 25.0. The van der Waals surface area contributed by atoms with E-state index in [0.29, 0.717) is 24.6 Å². The van der Waals surface area contributed by atoms with Crippen LogP contribution in [0.2, 0.25) is 0 Å². The standard InChI is InChI=1S/C30H50N2O6/c1-19(2)23(15-21-14-22(12-10-11-13-36-8)27(37-9)31-18-21)16-25(32(29(34)35)30(5,6)7)26-17-24(20(3)4)28(33)38-26/h14,18-20,23-26H,10-13,15-17H2,1-9H3,(H,34,35)/t23-,24+,25+,26+/m1/s1. The average Bonchev–Trinajstić information content (AvgIpc) is 3.21. The molecule has 1 aromatic rings. The van der Waals surface area contributed by atoms with E-state index in [2.05, 4.69) is 24.9 Å². The van der Waals surface area contributed by atoms with Gasteiger partial charge < -0.3 is 19.3 Å². The van der Waals surface area contributed by atoms with Gasteiger partial charge in [0.05, 0.1) is 19.1 Å². The minimum atomic E-state index is -0.987. The normalized spacial score (nSPS) is 19.5. The number of hydrogen-bond donors (Lipinski definition) is 1. The van der Waals surface area contributed by atoms with Gasteiger partial charge in [-0.25, -0.2) is 9.78 Å². The second kappa shape index (κ2) is 14.2. The summed E-state index contributed by atoms with van der Waals surface area (Å²) in [5.41, 5.74) is 1.54. The van der Waals surface area contributed by atoms with Gasteiger partial charge >= 0.3 is 12.1 Å². The number of aromatic nitrogens is 1. The fraction of sp³-hybridized carbons (Fsp3) is 0.767. The lowest BCUT2D eigenvalue weighted by Gasteiger charge is -2.43. The van der Waals surface area contributed by atoms with Crippen LogP contribution in [0.4, 0.5) is 4.79 Å². The number of esters is 1. The molecule has 0 saturated carbocycles. The molecule has 0 bridgehead atoms. The lowest BCUT2D eigenvalue weighted by Crippen LogP contribution is -2.56. The van der Waals surface area contributed by atoms with E-state index in [0.717, 1.165) is 43.4 Å². The van der Waals surface area contributed by atoms with Crippen LogP contribution < -0.4 is 4.74 Å². The molecular weight excluding hydrogens is 484 g/mol. The molecule has 1 aliphatic rings. The van der Waals surface area contributed by atoms with Crippen molar-refractivity contribution in [3.05, 3.63) is 23.4 Å². The number of rotatable bonds is 14. The van der Waals surface area contributed by atoms with E-state index >= 15 is 0 Å². The van der Waals surface area contributed by atoms with E-state index in [1.807, 2.05) is 40.8 Å². The molecule has 1 saturated heterocycles. The van der Waals surface area contributed by atoms with Gasteiger partial charge in [-0.3, -0.25) is 9.69 Å². The maximum Gasteiger partial charge on any atom is 0.408 e. The van der Waals surface area contributed by atoms with Crippen LogP contribution in [0.5, 0.6) is 5.88 Å². The first-order valence-corrected chi connectivity index (χ1v) is 14.0. The lowest BCUT2D eigenvalue weighted by molar-refractivity contribution is -0.148. The Morgan fingerprint density at radius 1 is 1.21 bits per heavy atom. The number of ether oxygens (including phenoxy) is 3. The fourth-order valence-corrected chi connectivity index (χ4v) is 5.55. The highest BCUT2D eigenvalue weighted by atomic mass is 16.6. The Morgan fingerprint density at radius 3 is 2.39 bits per heavy atom. The number of methoxy groups -OCH3 is 2. The summed E-state index contributed by atoms with van der Waals surface area (Å²) in [6.45, 7) is 14.8. The minimum absolute atomic E-state index is 0.148. The van der Waals surface area contributed by atoms with Crippen molar-refractivity contribution in [3.8, 4) is 5.88 Å². The maximum atomic E-state index is 12.7. The zero-order valence-corrected chi connectivity index (χ0v) is 25.0. The molecule has 216 valence electrons. The Morgan fingerprint density at radius 2 is 1.89 bits per heavy atom. The molecule has 1 aromatic heterocycles. The topological polar surface area (TPSA) is 98.2 Å². The van der Waals surface area contributed by atoms with Crippen molar-refractivity contribution in [2.45, 2.75) is 105 Å². The van der Waals surface area contributed by atoms with Gasteiger partial charge in [-0.1, -0.05) is 27.7 Å². The summed E-state index contributed by atoms with van der Waals surface area (Å²) in [6.07, 6.45) is 5.11. The van der Waals surface area contributed by atoms with Crippen molar-refractivity contribution in [1.82, 2.24) is 9.88 Å². The van der Waals surface area contributed by atoms with Crippen LogP contribution in [0.15, 0.2) is 12.3 Å². The predicted molar refractivity (Wildman–Crippen MR) is 148 cm³/mol. The van der Waals surface area contributed by atoms with E-state index in [-0.39, 0.29) is 23.7 Å². The first-order valence-electron chi connectivity index (χ1n) is 14.0. The molecule has 38 heavy (non-hydrogen) atoms. The molecule has 0 aromatic carbocycles. The van der Waals surface area contributed by atoms with E-state index < -0.39 is 23.8 Å². The molecule has 0 unspecified atom stereocenters. The number of pyridine rings is 1. The number of carboxylic acid groups (broad SMARTS) is 1. The monoisotopic (exact) mass is 534 g/mol. The first kappa shape index (κ1) is 31.9. The molecule has 0 spiro atoms. The maximum absolute atomic E-state index is 12.7. The Balaban J connectivity index is 2.35. The highest BCUT2D eigenvalue weighted by Gasteiger charge is 2.46. The largest absolute Gasteiger partial charge is 0.481 e. The van der Waals surface area contributed by atoms with Gasteiger partial charge in [0.2, 0.25) is 5.88 Å². The Kier molecular flexibility index (Phi) is 11.9. The summed E-state index contributed by atoms with van der Waals surface area (Å²) in [6, 6.07) is 1.74. The second-order valence-electron chi connectivity index (χ2n) is 12.4. The average molecular weight is 535 g/mol. The Bertz CT molecular complexity index is 910. The van der Waals surface area contributed by atoms with Crippen LogP contribution in [-0.2, 0) is 27.1 Å². The Hall–Kier alpha value is -2.35. The quantitative estimate of drug-likeness (QED) is 0.231. The third-order valence-corrected chi connectivity index (χ3v) is 7.76. The Labute approximate surface area is 229 Å². The number of hydrogen-bond acceptors (Lipinski definition) is 6. The van der Waals surface area contributed by atoms with Gasteiger partial charge in [-0.15, -0.1) is 0 Å². The summed E-state index contributed by atoms with van der Waals surface area (Å²) in [5.74, 6) is 0.827. The van der Waals surface area contributed by atoms with Crippen molar-refractivity contribution in [2.75, 3.05) is 20.8 Å². The molecule has 1 fully saturated rings. The van der Waals surface area contributed by atoms with Crippen LogP contribution in [0.25, 0.3) is 0 Å². The molecule has 1 aliphatic heterocycles. The van der Waals surface area contributed by atoms with Gasteiger partial charge in [0.15, 0.2) is 0 Å². The fourth-order valence-electron chi connectivity index (χ4n) is 5.55. The summed E-state index contributed by atoms with van der Waals surface area (Å²) < 4.78 is 16.6. The van der Waals surface area contributed by atoms with Gasteiger partial charge in [-0.2, -0.15) is 0 Å². The molecule has 0 aliphatic carbocycles. The third-order valence-electron chi connectivity index (χ3n) is 7.76. The molecule has 4 atom stereocenters. The number of amides is 1. The van der Waals surface area contributed by atoms with E-state index in [9.17, 15) is 14.7 Å². The summed E-state index contributed by atoms with van der Waals surface area (Å²) in [5, 5.41) is 10.3. The van der Waals surface area contributed by atoms with E-state index in [1.165, 1.54) is 4.90 Å². The third kappa shape index (κ3) is 8.58. The number of nitrogens with zero attached hydrogens (tertiary/aromatic N) is 2. The number of carbonyl (C=O) groups is 2. The summed E-state index contributed by atoms with van der Waals surface area (Å²) >= 11 is 0. The molecule has 8 heteroatoms. The van der Waals surface area contributed by atoms with Crippen LogP contribution >= 0.6 is 0 Å². The summed E-state index contributed by atoms with van der Waals surface area (Å²) in [4.78, 5) is 31.3. The number of cyclic esters (lactones) is 1. The highest BCUT2D eigenvalue weighted by molar-refractivity contribution is 5.75. The molecule has 1 N–H and O–H groups in total. The van der Waals surface area contributed by atoms with Crippen molar-refractivity contribution in [2.24, 2.45) is 23.7 Å². The van der Waals surface area contributed by atoms with Gasteiger partial charge in [0.25, 0.3) is 0 Å². The predicted octanol–water partition coefficient (Wildman–Crippen LogP) is 6.00. The van der Waals surface area contributed by atoms with Gasteiger partial charge in [-0.05, 0) is 88.7 Å². The molecule has 0 radical (unpaired) electrons. The van der Waals surface area contributed by atoms with Gasteiger partial charge in [0.1, 0.15) is 6.10 Å². The van der Waals surface area contributed by atoms with Crippen LogP contribution in [0, 0.1) is 23.7 Å². The van der Waals surface area contributed by atoms with Crippen molar-refractivity contribution in [3.63, 3.8) is 0 Å². The molecule has 1 amide bonds. The second-order valence-corrected chi connectivity index (χ2v) is 12.4. The smallest absolute Gasteiger partial charge is 0.408 e. The van der Waals surface area contributed by atoms with Crippen LogP contribution in [0.1, 0.15) is 85.3 Å². The molecule has 8 nitrogen and oxygen atoms in total. The van der Waals surface area contributed by atoms with Crippen molar-refractivity contribution in [1.29, 1.82) is 0 Å². The van der Waals surface area contributed by atoms with E-state index in [1.54, 1.807) is 14.2 Å². The van der Waals surface area contributed by atoms with Crippen LogP contribution in [0.3, 0.4) is 0 Å². The van der Waals surface area contributed by atoms with Crippen molar-refractivity contribution < 1.29 is 28.9 Å². The number of unbranched alkanes of at least 4 members (excludes halogenated alkanes) is 1. The molecule has 2 heterocycles. The minimum Gasteiger partial charge on any atom is -0.481 e. The van der Waals surface area contributed by atoms with Crippen LogP contribution in [-0.4, -0.2) is 65.6 Å². The number of carbonyl (C=O) groups excluding carboxylic acids is 1. The molecular formula is C30H50N2O6. The summed E-state index contributed by atoms with van der Waals surface area (Å²) in [7, 11) is 3.35. The first-order chi connectivity index (χ1) is 17.8. The van der Waals surface area contributed by atoms with Crippen molar-refractivity contribution >= 4 is 12.1 Å². The highest BCUT2D eigenvalue weighted by Crippen LogP contribution is 2.37. The van der Waals surface area contributed by atoms with Gasteiger partial charge in [0, 0.05) is 31.0 Å². The lowest BCUT2D eigenvalue weighted by atomic mass is 9.80. The van der Waals surface area contributed by atoms with E-state index in [4.69, 9.17) is 14.2 Å².